The van der Waals surface area contributed by atoms with Crippen molar-refractivity contribution in [2.75, 3.05) is 19.8 Å². The summed E-state index contributed by atoms with van der Waals surface area (Å²) in [6.45, 7) is 5.03. The van der Waals surface area contributed by atoms with E-state index in [-0.39, 0.29) is 24.2 Å². The molecule has 9 aromatic rings. The van der Waals surface area contributed by atoms with E-state index in [1.807, 2.05) is 0 Å². The van der Waals surface area contributed by atoms with Gasteiger partial charge in [-0.25, -0.2) is 0 Å². The second-order valence-electron chi connectivity index (χ2n) is 15.4. The van der Waals surface area contributed by atoms with Gasteiger partial charge in [-0.1, -0.05) is 97.1 Å². The number of rotatable bonds is 10. The van der Waals surface area contributed by atoms with Crippen LogP contribution in [0.5, 0.6) is 0 Å². The Morgan fingerprint density at radius 2 is 0.833 bits per heavy atom. The first-order valence-electron chi connectivity index (χ1n) is 19.3. The van der Waals surface area contributed by atoms with Crippen LogP contribution in [0.1, 0.15) is 22.6 Å². The van der Waals surface area contributed by atoms with Crippen LogP contribution >= 0.6 is 0 Å². The highest BCUT2D eigenvalue weighted by molar-refractivity contribution is 6.10. The zero-order chi connectivity index (χ0) is 35.3. The third kappa shape index (κ3) is 4.98. The molecule has 12 rings (SSSR count). The molecule has 3 aliphatic heterocycles. The Bertz CT molecular complexity index is 2770. The van der Waals surface area contributed by atoms with Gasteiger partial charge in [0.2, 0.25) is 0 Å². The minimum absolute atomic E-state index is 0.0527. The van der Waals surface area contributed by atoms with Crippen molar-refractivity contribution in [3.63, 3.8) is 0 Å². The molecule has 0 amide bonds. The molecule has 3 atom stereocenters. The third-order valence-electron chi connectivity index (χ3n) is 12.0. The number of epoxide rings is 3. The van der Waals surface area contributed by atoms with E-state index in [4.69, 9.17) is 14.2 Å². The van der Waals surface area contributed by atoms with Crippen molar-refractivity contribution in [3.05, 3.63) is 156 Å². The fraction of sp³-hybridized carbons (Fsp3) is 0.208. The summed E-state index contributed by atoms with van der Waals surface area (Å²) in [5, 5.41) is 6.42. The van der Waals surface area contributed by atoms with Gasteiger partial charge in [-0.15, -0.1) is 0 Å². The van der Waals surface area contributed by atoms with Crippen molar-refractivity contribution in [2.24, 2.45) is 0 Å². The smallest absolute Gasteiger partial charge is 0.0988 e. The van der Waals surface area contributed by atoms with Crippen LogP contribution in [0, 0.1) is 0 Å². The lowest BCUT2D eigenvalue weighted by molar-refractivity contribution is 0.386. The highest BCUT2D eigenvalue weighted by atomic mass is 16.6. The molecule has 3 unspecified atom stereocenters. The molecule has 54 heavy (non-hydrogen) atoms. The Morgan fingerprint density at radius 3 is 1.33 bits per heavy atom. The number of para-hydroxylation sites is 3. The van der Waals surface area contributed by atoms with Crippen molar-refractivity contribution in [1.29, 1.82) is 0 Å². The zero-order valence-corrected chi connectivity index (χ0v) is 29.9. The summed E-state index contributed by atoms with van der Waals surface area (Å²) in [6.07, 6.45) is 0.795. The highest BCUT2D eigenvalue weighted by Crippen LogP contribution is 2.47. The van der Waals surface area contributed by atoms with Crippen LogP contribution < -0.4 is 0 Å². The molecule has 6 heterocycles. The van der Waals surface area contributed by atoms with Gasteiger partial charge in [-0.05, 0) is 64.7 Å². The molecule has 0 bridgehead atoms. The Kier molecular flexibility index (Phi) is 6.79. The maximum atomic E-state index is 5.89. The van der Waals surface area contributed by atoms with Gasteiger partial charge in [0.15, 0.2) is 0 Å². The normalized spacial score (nSPS) is 19.7. The van der Waals surface area contributed by atoms with Crippen LogP contribution in [0.25, 0.3) is 65.8 Å². The highest BCUT2D eigenvalue weighted by Gasteiger charge is 2.33. The fourth-order valence-electron chi connectivity index (χ4n) is 9.27. The number of ether oxygens (including phenoxy) is 3. The second kappa shape index (κ2) is 11.9. The Labute approximate surface area is 312 Å². The quantitative estimate of drug-likeness (QED) is 0.133. The van der Waals surface area contributed by atoms with Crippen molar-refractivity contribution in [2.45, 2.75) is 43.9 Å². The molecule has 3 aliphatic rings. The molecule has 0 spiro atoms. The molecule has 0 aliphatic carbocycles. The SMILES string of the molecule is c1ccc(-c2c(C(c3ccc4c(c3)c3ccccc3n4CC3CO3)c3ccc4c(c3)c3ccccc3n4CC3CO3)c3ccccc3n2CC2CO2)cc1. The topological polar surface area (TPSA) is 52.4 Å². The van der Waals surface area contributed by atoms with Gasteiger partial charge in [0.25, 0.3) is 0 Å². The maximum Gasteiger partial charge on any atom is 0.0988 e. The van der Waals surface area contributed by atoms with E-state index in [2.05, 4.69) is 153 Å². The first kappa shape index (κ1) is 30.8. The fourth-order valence-corrected chi connectivity index (χ4v) is 9.27. The number of hydrogen-bond donors (Lipinski definition) is 0. The summed E-state index contributed by atoms with van der Waals surface area (Å²) in [7, 11) is 0. The van der Waals surface area contributed by atoms with Crippen molar-refractivity contribution >= 4 is 54.5 Å². The summed E-state index contributed by atoms with van der Waals surface area (Å²) in [4.78, 5) is 0. The Balaban J connectivity index is 1.16. The van der Waals surface area contributed by atoms with Crippen molar-refractivity contribution in [1.82, 2.24) is 13.7 Å². The Hall–Kier alpha value is -5.66. The van der Waals surface area contributed by atoms with Gasteiger partial charge in [0, 0.05) is 60.4 Å². The largest absolute Gasteiger partial charge is 0.371 e. The maximum absolute atomic E-state index is 5.89. The molecule has 6 aromatic carbocycles. The predicted molar refractivity (Wildman–Crippen MR) is 216 cm³/mol. The van der Waals surface area contributed by atoms with E-state index in [9.17, 15) is 0 Å². The van der Waals surface area contributed by atoms with Crippen LogP contribution in [0.4, 0.5) is 0 Å². The molecule has 264 valence electrons. The first-order valence-corrected chi connectivity index (χ1v) is 19.3. The van der Waals surface area contributed by atoms with Crippen LogP contribution in [0.2, 0.25) is 0 Å². The molecule has 0 saturated carbocycles. The monoisotopic (exact) mass is 705 g/mol. The number of nitrogens with zero attached hydrogens (tertiary/aromatic N) is 3. The summed E-state index contributed by atoms with van der Waals surface area (Å²) in [5.74, 6) is -0.0527. The van der Waals surface area contributed by atoms with Gasteiger partial charge in [0.05, 0.1) is 63.5 Å². The van der Waals surface area contributed by atoms with Crippen LogP contribution in [0.3, 0.4) is 0 Å². The summed E-state index contributed by atoms with van der Waals surface area (Å²) >= 11 is 0. The molecule has 3 fully saturated rings. The van der Waals surface area contributed by atoms with E-state index in [0.29, 0.717) is 0 Å². The van der Waals surface area contributed by atoms with Crippen LogP contribution in [-0.2, 0) is 33.8 Å². The Morgan fingerprint density at radius 1 is 0.426 bits per heavy atom. The number of fused-ring (bicyclic) bond motifs is 7. The predicted octanol–water partition coefficient (Wildman–Crippen LogP) is 9.90. The van der Waals surface area contributed by atoms with E-state index in [1.54, 1.807) is 0 Å². The van der Waals surface area contributed by atoms with Crippen LogP contribution in [-0.4, -0.2) is 51.8 Å². The minimum atomic E-state index is -0.0527. The minimum Gasteiger partial charge on any atom is -0.371 e. The molecule has 0 radical (unpaired) electrons. The summed E-state index contributed by atoms with van der Waals surface area (Å²) < 4.78 is 24.8. The number of benzene rings is 6. The van der Waals surface area contributed by atoms with Gasteiger partial charge in [-0.2, -0.15) is 0 Å². The number of aromatic nitrogens is 3. The lowest BCUT2D eigenvalue weighted by atomic mass is 9.81. The number of hydrogen-bond acceptors (Lipinski definition) is 3. The van der Waals surface area contributed by atoms with Crippen molar-refractivity contribution in [3.8, 4) is 11.3 Å². The first-order chi connectivity index (χ1) is 26.8. The van der Waals surface area contributed by atoms with E-state index in [1.165, 1.54) is 82.5 Å². The molecule has 3 aromatic heterocycles. The van der Waals surface area contributed by atoms with E-state index in [0.717, 1.165) is 39.5 Å². The van der Waals surface area contributed by atoms with Gasteiger partial charge in [0.1, 0.15) is 0 Å². The lowest BCUT2D eigenvalue weighted by Gasteiger charge is -2.22. The van der Waals surface area contributed by atoms with Gasteiger partial charge in [-0.3, -0.25) is 0 Å². The van der Waals surface area contributed by atoms with Crippen molar-refractivity contribution < 1.29 is 14.2 Å². The second-order valence-corrected chi connectivity index (χ2v) is 15.4. The van der Waals surface area contributed by atoms with Gasteiger partial charge >= 0.3 is 0 Å². The van der Waals surface area contributed by atoms with Gasteiger partial charge < -0.3 is 27.9 Å². The molecule has 3 saturated heterocycles. The van der Waals surface area contributed by atoms with E-state index >= 15 is 0 Å². The molecule has 0 N–H and O–H groups in total. The molecular weight excluding hydrogens is 667 g/mol. The summed E-state index contributed by atoms with van der Waals surface area (Å²) in [6, 6.07) is 52.2. The van der Waals surface area contributed by atoms with Crippen LogP contribution in [0.15, 0.2) is 140 Å². The average molecular weight is 706 g/mol. The molecule has 6 heteroatoms. The van der Waals surface area contributed by atoms with E-state index < -0.39 is 0 Å². The summed E-state index contributed by atoms with van der Waals surface area (Å²) in [5.41, 5.74) is 12.7. The average Bonchev–Trinajstić information content (AvgIpc) is 4.14. The molecule has 6 nitrogen and oxygen atoms in total. The lowest BCUT2D eigenvalue weighted by Crippen LogP contribution is -2.09. The standard InChI is InChI=1S/C48H39N3O3/c1-2-10-30(11-3-1)48-47(38-14-6-9-17-43(38)51(48)26-35-29-54-35)46(31-18-20-44-39(22-31)36-12-4-7-15-41(36)49(44)24-33-27-52-33)32-19-21-45-40(23-32)37-13-5-8-16-42(37)50(45)25-34-28-53-34/h1-23,33-35,46H,24-29H2. The molecular formula is C48H39N3O3. The zero-order valence-electron chi connectivity index (χ0n) is 29.9. The third-order valence-corrected chi connectivity index (χ3v) is 12.0.